The van der Waals surface area contributed by atoms with Crippen molar-refractivity contribution in [3.05, 3.63) is 18.0 Å². The summed E-state index contributed by atoms with van der Waals surface area (Å²) in [4.78, 5) is 8.56. The van der Waals surface area contributed by atoms with Crippen molar-refractivity contribution >= 4 is 11.8 Å². The number of hydrogen-bond donors (Lipinski definition) is 1. The minimum atomic E-state index is 0.521. The molecule has 15 heavy (non-hydrogen) atoms. The molecule has 0 radical (unpaired) electrons. The molecule has 1 aromatic rings. The van der Waals surface area contributed by atoms with E-state index in [4.69, 9.17) is 5.73 Å². The van der Waals surface area contributed by atoms with Gasteiger partial charge in [-0.15, -0.1) is 0 Å². The molecule has 0 atom stereocenters. The number of nitrogens with two attached hydrogens (primary N) is 1. The Hall–Kier alpha value is -0.610. The highest BCUT2D eigenvalue weighted by Crippen LogP contribution is 2.29. The van der Waals surface area contributed by atoms with Gasteiger partial charge in [0.25, 0.3) is 0 Å². The zero-order chi connectivity index (χ0) is 10.5. The van der Waals surface area contributed by atoms with Crippen molar-refractivity contribution in [3.63, 3.8) is 0 Å². The number of nitrogens with zero attached hydrogens (tertiary/aromatic N) is 2. The van der Waals surface area contributed by atoms with Gasteiger partial charge in [-0.05, 0) is 18.8 Å². The van der Waals surface area contributed by atoms with Gasteiger partial charge < -0.3 is 5.73 Å². The number of rotatable bonds is 4. The summed E-state index contributed by atoms with van der Waals surface area (Å²) < 4.78 is 0. The van der Waals surface area contributed by atoms with Gasteiger partial charge in [0.1, 0.15) is 0 Å². The van der Waals surface area contributed by atoms with Gasteiger partial charge in [-0.2, -0.15) is 0 Å². The molecule has 0 spiro atoms. The normalized spacial score (nSPS) is 17.1. The molecule has 0 saturated heterocycles. The van der Waals surface area contributed by atoms with Crippen molar-refractivity contribution in [2.45, 2.75) is 37.4 Å². The standard InChI is InChI=1S/C11H17N3S/c12-5-10-6-13-11(14-7-10)15-8-9-3-1-2-4-9/h6-7,9H,1-5,8,12H2. The Morgan fingerprint density at radius 3 is 2.53 bits per heavy atom. The third-order valence-electron chi connectivity index (χ3n) is 2.84. The first kappa shape index (κ1) is 10.9. The van der Waals surface area contributed by atoms with Crippen LogP contribution in [-0.2, 0) is 6.54 Å². The molecule has 3 nitrogen and oxygen atoms in total. The van der Waals surface area contributed by atoms with Gasteiger partial charge in [-0.1, -0.05) is 24.6 Å². The average Bonchev–Trinajstić information content (AvgIpc) is 2.80. The van der Waals surface area contributed by atoms with E-state index < -0.39 is 0 Å². The van der Waals surface area contributed by atoms with Crippen LogP contribution in [0.3, 0.4) is 0 Å². The molecule has 1 aliphatic carbocycles. The summed E-state index contributed by atoms with van der Waals surface area (Å²) in [5.41, 5.74) is 6.49. The van der Waals surface area contributed by atoms with Crippen LogP contribution < -0.4 is 5.73 Å². The monoisotopic (exact) mass is 223 g/mol. The summed E-state index contributed by atoms with van der Waals surface area (Å²) in [5.74, 6) is 2.05. The zero-order valence-electron chi connectivity index (χ0n) is 8.85. The Morgan fingerprint density at radius 2 is 1.93 bits per heavy atom. The van der Waals surface area contributed by atoms with Crippen LogP contribution in [0.4, 0.5) is 0 Å². The van der Waals surface area contributed by atoms with Gasteiger partial charge in [-0.3, -0.25) is 0 Å². The van der Waals surface area contributed by atoms with Crippen molar-refractivity contribution in [1.29, 1.82) is 0 Å². The molecule has 2 rings (SSSR count). The van der Waals surface area contributed by atoms with E-state index in [1.807, 2.05) is 12.4 Å². The van der Waals surface area contributed by atoms with Crippen molar-refractivity contribution in [3.8, 4) is 0 Å². The topological polar surface area (TPSA) is 51.8 Å². The quantitative estimate of drug-likeness (QED) is 0.628. The van der Waals surface area contributed by atoms with Crippen LogP contribution in [0.5, 0.6) is 0 Å². The lowest BCUT2D eigenvalue weighted by Gasteiger charge is -2.06. The smallest absolute Gasteiger partial charge is 0.187 e. The molecule has 1 fully saturated rings. The largest absolute Gasteiger partial charge is 0.326 e. The van der Waals surface area contributed by atoms with E-state index in [-0.39, 0.29) is 0 Å². The first-order chi connectivity index (χ1) is 7.38. The molecule has 0 aliphatic heterocycles. The Bertz CT molecular complexity index is 293. The number of hydrogen-bond acceptors (Lipinski definition) is 4. The lowest BCUT2D eigenvalue weighted by Crippen LogP contribution is -2.00. The molecule has 0 amide bonds. The molecule has 4 heteroatoms. The summed E-state index contributed by atoms with van der Waals surface area (Å²) in [5, 5.41) is 0.888. The molecule has 1 heterocycles. The SMILES string of the molecule is NCc1cnc(SCC2CCCC2)nc1. The molecule has 82 valence electrons. The highest BCUT2D eigenvalue weighted by Gasteiger charge is 2.15. The fourth-order valence-electron chi connectivity index (χ4n) is 1.89. The number of aromatic nitrogens is 2. The van der Waals surface area contributed by atoms with Crippen molar-refractivity contribution in [1.82, 2.24) is 9.97 Å². The molecule has 1 saturated carbocycles. The van der Waals surface area contributed by atoms with Crippen LogP contribution >= 0.6 is 11.8 Å². The van der Waals surface area contributed by atoms with Gasteiger partial charge >= 0.3 is 0 Å². The molecule has 0 bridgehead atoms. The van der Waals surface area contributed by atoms with Crippen LogP contribution in [0, 0.1) is 5.92 Å². The summed E-state index contributed by atoms with van der Waals surface area (Å²) >= 11 is 1.77. The third-order valence-corrected chi connectivity index (χ3v) is 3.95. The van der Waals surface area contributed by atoms with Gasteiger partial charge in [0, 0.05) is 30.3 Å². The first-order valence-electron chi connectivity index (χ1n) is 5.52. The molecular weight excluding hydrogens is 206 g/mol. The van der Waals surface area contributed by atoms with E-state index in [1.54, 1.807) is 11.8 Å². The maximum Gasteiger partial charge on any atom is 0.187 e. The molecule has 1 aromatic heterocycles. The average molecular weight is 223 g/mol. The van der Waals surface area contributed by atoms with Crippen molar-refractivity contribution in [2.24, 2.45) is 11.7 Å². The second-order valence-corrected chi connectivity index (χ2v) is 5.03. The van der Waals surface area contributed by atoms with E-state index in [2.05, 4.69) is 9.97 Å². The van der Waals surface area contributed by atoms with E-state index in [0.717, 1.165) is 16.6 Å². The van der Waals surface area contributed by atoms with E-state index >= 15 is 0 Å². The molecule has 1 aliphatic rings. The lowest BCUT2D eigenvalue weighted by atomic mass is 10.1. The third kappa shape index (κ3) is 3.18. The maximum atomic E-state index is 5.49. The fourth-order valence-corrected chi connectivity index (χ4v) is 2.86. The second-order valence-electron chi connectivity index (χ2n) is 4.04. The van der Waals surface area contributed by atoms with Crippen molar-refractivity contribution in [2.75, 3.05) is 5.75 Å². The Balaban J connectivity index is 1.82. The van der Waals surface area contributed by atoms with Crippen LogP contribution in [0.2, 0.25) is 0 Å². The molecule has 0 aromatic carbocycles. The predicted molar refractivity (Wildman–Crippen MR) is 62.6 cm³/mol. The summed E-state index contributed by atoms with van der Waals surface area (Å²) in [6, 6.07) is 0. The van der Waals surface area contributed by atoms with E-state index in [9.17, 15) is 0 Å². The lowest BCUT2D eigenvalue weighted by molar-refractivity contribution is 0.622. The molecule has 0 unspecified atom stereocenters. The zero-order valence-corrected chi connectivity index (χ0v) is 9.67. The Labute approximate surface area is 94.9 Å². The van der Waals surface area contributed by atoms with Crippen LogP contribution in [0.1, 0.15) is 31.2 Å². The van der Waals surface area contributed by atoms with Crippen LogP contribution in [0.25, 0.3) is 0 Å². The predicted octanol–water partition coefficient (Wildman–Crippen LogP) is 2.22. The summed E-state index contributed by atoms with van der Waals surface area (Å²) in [6.07, 6.45) is 9.21. The summed E-state index contributed by atoms with van der Waals surface area (Å²) in [6.45, 7) is 0.521. The van der Waals surface area contributed by atoms with Gasteiger partial charge in [0.05, 0.1) is 0 Å². The molecule has 2 N–H and O–H groups in total. The van der Waals surface area contributed by atoms with Gasteiger partial charge in [0.2, 0.25) is 0 Å². The maximum absolute atomic E-state index is 5.49. The Morgan fingerprint density at radius 1 is 1.27 bits per heavy atom. The number of thioether (sulfide) groups is 1. The highest BCUT2D eigenvalue weighted by atomic mass is 32.2. The van der Waals surface area contributed by atoms with Crippen molar-refractivity contribution < 1.29 is 0 Å². The van der Waals surface area contributed by atoms with Gasteiger partial charge in [-0.25, -0.2) is 9.97 Å². The van der Waals surface area contributed by atoms with Gasteiger partial charge in [0.15, 0.2) is 5.16 Å². The first-order valence-corrected chi connectivity index (χ1v) is 6.51. The minimum absolute atomic E-state index is 0.521. The van der Waals surface area contributed by atoms with Crippen LogP contribution in [0.15, 0.2) is 17.6 Å². The van der Waals surface area contributed by atoms with E-state index in [0.29, 0.717) is 6.54 Å². The fraction of sp³-hybridized carbons (Fsp3) is 0.636. The highest BCUT2D eigenvalue weighted by molar-refractivity contribution is 7.99. The van der Waals surface area contributed by atoms with Crippen LogP contribution in [-0.4, -0.2) is 15.7 Å². The molecular formula is C11H17N3S. The second kappa shape index (κ2) is 5.47. The summed E-state index contributed by atoms with van der Waals surface area (Å²) in [7, 11) is 0. The Kier molecular flexibility index (Phi) is 3.97. The van der Waals surface area contributed by atoms with E-state index in [1.165, 1.54) is 31.4 Å². The minimum Gasteiger partial charge on any atom is -0.326 e.